The number of carbonyl (C=O) groups is 1. The van der Waals surface area contributed by atoms with Gasteiger partial charge in [-0.25, -0.2) is 0 Å². The van der Waals surface area contributed by atoms with E-state index in [1.165, 1.54) is 7.11 Å². The number of ketones is 1. The molecule has 1 aromatic carbocycles. The number of nitrogens with one attached hydrogen (secondary N) is 1. The molecule has 0 spiro atoms. The van der Waals surface area contributed by atoms with Gasteiger partial charge >= 0.3 is 0 Å². The predicted octanol–water partition coefficient (Wildman–Crippen LogP) is 2.48. The van der Waals surface area contributed by atoms with Crippen molar-refractivity contribution < 1.29 is 14.3 Å². The first-order chi connectivity index (χ1) is 8.81. The first kappa shape index (κ1) is 12.5. The van der Waals surface area contributed by atoms with Crippen molar-refractivity contribution in [3.8, 4) is 11.3 Å². The molecule has 0 fully saturated rings. The number of rotatable bonds is 6. The Bertz CT molecular complexity index is 505. The second-order valence-corrected chi connectivity index (χ2v) is 3.83. The van der Waals surface area contributed by atoms with E-state index < -0.39 is 0 Å². The van der Waals surface area contributed by atoms with E-state index in [0.717, 1.165) is 11.3 Å². The maximum Gasteiger partial charge on any atom is 0.204 e. The summed E-state index contributed by atoms with van der Waals surface area (Å²) in [6, 6.07) is 13.5. The third kappa shape index (κ3) is 3.06. The van der Waals surface area contributed by atoms with Gasteiger partial charge in [0.15, 0.2) is 0 Å². The number of methoxy groups -OCH3 is 1. The van der Waals surface area contributed by atoms with Crippen LogP contribution in [0.2, 0.25) is 0 Å². The highest BCUT2D eigenvalue weighted by Gasteiger charge is 2.09. The molecule has 0 aliphatic carbocycles. The van der Waals surface area contributed by atoms with E-state index in [2.05, 4.69) is 4.98 Å². The molecule has 4 heteroatoms. The van der Waals surface area contributed by atoms with Crippen molar-refractivity contribution in [1.29, 1.82) is 0 Å². The average molecular weight is 245 g/mol. The number of Topliss-reactive ketones (excluding diaryl/α,β-unsaturated/α-hetero) is 1. The quantitative estimate of drug-likeness (QED) is 0.483. The second-order valence-electron chi connectivity index (χ2n) is 3.83. The third-order valence-electron chi connectivity index (χ3n) is 2.51. The minimum absolute atomic E-state index is 0.0165. The topological polar surface area (TPSA) is 51.3 Å². The van der Waals surface area contributed by atoms with Gasteiger partial charge in [-0.3, -0.25) is 4.79 Å². The molecule has 1 aromatic heterocycles. The summed E-state index contributed by atoms with van der Waals surface area (Å²) in [5, 5.41) is 0. The van der Waals surface area contributed by atoms with E-state index in [1.54, 1.807) is 6.07 Å². The first-order valence-corrected chi connectivity index (χ1v) is 5.65. The number of H-pyrrole nitrogens is 1. The summed E-state index contributed by atoms with van der Waals surface area (Å²) in [7, 11) is 1.52. The molecule has 0 saturated heterocycles. The molecule has 0 saturated carbocycles. The number of aromatic amines is 1. The van der Waals surface area contributed by atoms with Gasteiger partial charge in [-0.2, -0.15) is 0 Å². The fourth-order valence-electron chi connectivity index (χ4n) is 1.64. The van der Waals surface area contributed by atoms with Crippen molar-refractivity contribution in [2.75, 3.05) is 20.5 Å². The molecule has 0 unspecified atom stereocenters. The molecule has 94 valence electrons. The van der Waals surface area contributed by atoms with Crippen molar-refractivity contribution in [2.24, 2.45) is 0 Å². The van der Waals surface area contributed by atoms with E-state index in [-0.39, 0.29) is 19.2 Å². The van der Waals surface area contributed by atoms with Crippen molar-refractivity contribution in [3.63, 3.8) is 0 Å². The minimum atomic E-state index is -0.0887. The SMILES string of the molecule is COCOCC(=O)c1ccc(-c2ccccc2)[nH]1. The maximum atomic E-state index is 11.8. The van der Waals surface area contributed by atoms with Crippen LogP contribution in [0.25, 0.3) is 11.3 Å². The van der Waals surface area contributed by atoms with Crippen molar-refractivity contribution in [1.82, 2.24) is 4.98 Å². The summed E-state index contributed by atoms with van der Waals surface area (Å²) in [4.78, 5) is 14.8. The molecule has 0 bridgehead atoms. The van der Waals surface area contributed by atoms with Crippen molar-refractivity contribution in [2.45, 2.75) is 0 Å². The molecule has 0 amide bonds. The summed E-state index contributed by atoms with van der Waals surface area (Å²) in [5.41, 5.74) is 2.52. The van der Waals surface area contributed by atoms with E-state index in [4.69, 9.17) is 9.47 Å². The fraction of sp³-hybridized carbons (Fsp3) is 0.214. The maximum absolute atomic E-state index is 11.8. The zero-order chi connectivity index (χ0) is 12.8. The fourth-order valence-corrected chi connectivity index (χ4v) is 1.64. The molecule has 0 atom stereocenters. The van der Waals surface area contributed by atoms with Crippen molar-refractivity contribution >= 4 is 5.78 Å². The minimum Gasteiger partial charge on any atom is -0.359 e. The van der Waals surface area contributed by atoms with Gasteiger partial charge in [0.2, 0.25) is 5.78 Å². The Morgan fingerprint density at radius 2 is 1.94 bits per heavy atom. The highest BCUT2D eigenvalue weighted by atomic mass is 16.7. The van der Waals surface area contributed by atoms with E-state index in [0.29, 0.717) is 5.69 Å². The lowest BCUT2D eigenvalue weighted by atomic mass is 10.2. The van der Waals surface area contributed by atoms with Crippen LogP contribution in [-0.4, -0.2) is 31.3 Å². The third-order valence-corrected chi connectivity index (χ3v) is 2.51. The lowest BCUT2D eigenvalue weighted by molar-refractivity contribution is -0.0238. The standard InChI is InChI=1S/C14H15NO3/c1-17-10-18-9-14(16)13-8-7-12(15-13)11-5-3-2-4-6-11/h2-8,15H,9-10H2,1H3. The van der Waals surface area contributed by atoms with Crippen LogP contribution < -0.4 is 0 Å². The molecule has 0 radical (unpaired) electrons. The van der Waals surface area contributed by atoms with Crippen LogP contribution >= 0.6 is 0 Å². The summed E-state index contributed by atoms with van der Waals surface area (Å²) in [6.07, 6.45) is 0. The molecule has 0 aliphatic rings. The van der Waals surface area contributed by atoms with Gasteiger partial charge in [0.25, 0.3) is 0 Å². The summed E-state index contributed by atoms with van der Waals surface area (Å²) in [6.45, 7) is 0.139. The van der Waals surface area contributed by atoms with Crippen LogP contribution in [0.4, 0.5) is 0 Å². The van der Waals surface area contributed by atoms with Gasteiger partial charge in [0.05, 0.1) is 5.69 Å². The van der Waals surface area contributed by atoms with Gasteiger partial charge < -0.3 is 14.5 Å². The van der Waals surface area contributed by atoms with Crippen molar-refractivity contribution in [3.05, 3.63) is 48.2 Å². The lowest BCUT2D eigenvalue weighted by Gasteiger charge is -2.01. The van der Waals surface area contributed by atoms with Crippen LogP contribution in [0, 0.1) is 0 Å². The van der Waals surface area contributed by atoms with E-state index >= 15 is 0 Å². The largest absolute Gasteiger partial charge is 0.359 e. The van der Waals surface area contributed by atoms with Gasteiger partial charge in [-0.05, 0) is 17.7 Å². The number of hydrogen-bond acceptors (Lipinski definition) is 3. The smallest absolute Gasteiger partial charge is 0.204 e. The molecule has 2 rings (SSSR count). The Labute approximate surface area is 106 Å². The van der Waals surface area contributed by atoms with Gasteiger partial charge in [0, 0.05) is 12.8 Å². The highest BCUT2D eigenvalue weighted by molar-refractivity contribution is 5.96. The van der Waals surface area contributed by atoms with Crippen LogP contribution in [0.15, 0.2) is 42.5 Å². The number of benzene rings is 1. The number of ether oxygens (including phenoxy) is 2. The molecule has 2 aromatic rings. The summed E-state index contributed by atoms with van der Waals surface area (Å²) >= 11 is 0. The number of aromatic nitrogens is 1. The van der Waals surface area contributed by atoms with Gasteiger partial charge in [-0.1, -0.05) is 30.3 Å². The highest BCUT2D eigenvalue weighted by Crippen LogP contribution is 2.18. The molecular formula is C14H15NO3. The zero-order valence-electron chi connectivity index (χ0n) is 10.2. The van der Waals surface area contributed by atoms with E-state index in [9.17, 15) is 4.79 Å². The number of carbonyl (C=O) groups excluding carboxylic acids is 1. The second kappa shape index (κ2) is 6.14. The number of hydrogen-bond donors (Lipinski definition) is 1. The molecule has 1 heterocycles. The monoisotopic (exact) mass is 245 g/mol. The first-order valence-electron chi connectivity index (χ1n) is 5.65. The van der Waals surface area contributed by atoms with E-state index in [1.807, 2.05) is 36.4 Å². The molecule has 1 N–H and O–H groups in total. The van der Waals surface area contributed by atoms with Gasteiger partial charge in [0.1, 0.15) is 13.4 Å². The average Bonchev–Trinajstić information content (AvgIpc) is 2.89. The lowest BCUT2D eigenvalue weighted by Crippen LogP contribution is -2.10. The molecule has 18 heavy (non-hydrogen) atoms. The normalized spacial score (nSPS) is 10.5. The Hall–Kier alpha value is -1.91. The summed E-state index contributed by atoms with van der Waals surface area (Å²) in [5.74, 6) is -0.0887. The Balaban J connectivity index is 2.04. The summed E-state index contributed by atoms with van der Waals surface area (Å²) < 4.78 is 9.74. The Morgan fingerprint density at radius 1 is 1.17 bits per heavy atom. The van der Waals surface area contributed by atoms with Crippen LogP contribution in [0.3, 0.4) is 0 Å². The Kier molecular flexibility index (Phi) is 4.28. The van der Waals surface area contributed by atoms with Crippen LogP contribution in [-0.2, 0) is 9.47 Å². The van der Waals surface area contributed by atoms with Crippen LogP contribution in [0.5, 0.6) is 0 Å². The Morgan fingerprint density at radius 3 is 2.67 bits per heavy atom. The predicted molar refractivity (Wildman–Crippen MR) is 68.4 cm³/mol. The van der Waals surface area contributed by atoms with Gasteiger partial charge in [-0.15, -0.1) is 0 Å². The molecule has 0 aliphatic heterocycles. The zero-order valence-corrected chi connectivity index (χ0v) is 10.2. The molecular weight excluding hydrogens is 230 g/mol. The van der Waals surface area contributed by atoms with Crippen LogP contribution in [0.1, 0.15) is 10.5 Å². The molecule has 4 nitrogen and oxygen atoms in total.